The van der Waals surface area contributed by atoms with Crippen LogP contribution < -0.4 is 4.74 Å². The Morgan fingerprint density at radius 1 is 0.688 bits per heavy atom. The number of benzene rings is 3. The van der Waals surface area contributed by atoms with Gasteiger partial charge in [0.15, 0.2) is 0 Å². The zero-order valence-electron chi connectivity index (χ0n) is 18.0. The molecule has 0 atom stereocenters. The van der Waals surface area contributed by atoms with Gasteiger partial charge in [0.1, 0.15) is 5.75 Å². The van der Waals surface area contributed by atoms with E-state index in [1.165, 1.54) is 10.5 Å². The van der Waals surface area contributed by atoms with Crippen LogP contribution in [-0.4, -0.2) is 36.5 Å². The predicted molar refractivity (Wildman–Crippen MR) is 123 cm³/mol. The molecule has 164 valence electrons. The Morgan fingerprint density at radius 3 is 2.12 bits per heavy atom. The second-order valence-corrected chi connectivity index (χ2v) is 7.80. The summed E-state index contributed by atoms with van der Waals surface area (Å²) >= 11 is 0. The van der Waals surface area contributed by atoms with E-state index in [4.69, 9.17) is 9.47 Å². The molecule has 32 heavy (non-hydrogen) atoms. The lowest BCUT2D eigenvalue weighted by atomic mass is 10.1. The summed E-state index contributed by atoms with van der Waals surface area (Å²) in [6.07, 6.45) is 2.30. The van der Waals surface area contributed by atoms with Crippen LogP contribution in [0.4, 0.5) is 0 Å². The topological polar surface area (TPSA) is 55.8 Å². The lowest BCUT2D eigenvalue weighted by molar-refractivity contribution is 0.0652. The molecule has 5 heteroatoms. The highest BCUT2D eigenvalue weighted by atomic mass is 16.5. The number of hydrogen-bond acceptors (Lipinski definition) is 4. The third kappa shape index (κ3) is 5.42. The molecule has 0 N–H and O–H groups in total. The quantitative estimate of drug-likeness (QED) is 0.321. The summed E-state index contributed by atoms with van der Waals surface area (Å²) < 4.78 is 11.5. The van der Waals surface area contributed by atoms with E-state index in [-0.39, 0.29) is 11.8 Å². The molecule has 0 aromatic heterocycles. The number of ether oxygens (including phenoxy) is 2. The Bertz CT molecular complexity index is 1030. The van der Waals surface area contributed by atoms with Crippen molar-refractivity contribution in [1.82, 2.24) is 4.90 Å². The molecule has 4 rings (SSSR count). The SMILES string of the molecule is O=C1c2ccccc2C(=O)N1CCCc1cccc(OCCCOCc2ccccc2)c1. The van der Waals surface area contributed by atoms with Crippen molar-refractivity contribution in [2.75, 3.05) is 19.8 Å². The van der Waals surface area contributed by atoms with Gasteiger partial charge >= 0.3 is 0 Å². The van der Waals surface area contributed by atoms with Crippen LogP contribution in [-0.2, 0) is 17.8 Å². The molecule has 1 aliphatic heterocycles. The number of rotatable bonds is 11. The van der Waals surface area contributed by atoms with Gasteiger partial charge in [-0.3, -0.25) is 14.5 Å². The van der Waals surface area contributed by atoms with E-state index < -0.39 is 0 Å². The highest BCUT2D eigenvalue weighted by molar-refractivity contribution is 6.21. The first-order valence-corrected chi connectivity index (χ1v) is 11.0. The number of fused-ring (bicyclic) bond motifs is 1. The van der Waals surface area contributed by atoms with Crippen LogP contribution in [0.15, 0.2) is 78.9 Å². The molecule has 0 bridgehead atoms. The molecule has 0 saturated heterocycles. The summed E-state index contributed by atoms with van der Waals surface area (Å²) in [5.74, 6) is 0.431. The maximum absolute atomic E-state index is 12.5. The minimum Gasteiger partial charge on any atom is -0.493 e. The molecule has 2 amide bonds. The van der Waals surface area contributed by atoms with E-state index in [2.05, 4.69) is 12.1 Å². The van der Waals surface area contributed by atoms with Gasteiger partial charge in [-0.2, -0.15) is 0 Å². The maximum atomic E-state index is 12.5. The number of nitrogens with zero attached hydrogens (tertiary/aromatic N) is 1. The zero-order valence-corrected chi connectivity index (χ0v) is 18.0. The fraction of sp³-hybridized carbons (Fsp3) is 0.259. The van der Waals surface area contributed by atoms with E-state index >= 15 is 0 Å². The summed E-state index contributed by atoms with van der Waals surface area (Å²) in [5, 5.41) is 0. The largest absolute Gasteiger partial charge is 0.493 e. The number of hydrogen-bond donors (Lipinski definition) is 0. The minimum absolute atomic E-state index is 0.197. The highest BCUT2D eigenvalue weighted by Gasteiger charge is 2.34. The van der Waals surface area contributed by atoms with Gasteiger partial charge in [-0.05, 0) is 48.2 Å². The molecule has 0 spiro atoms. The molecular weight excluding hydrogens is 402 g/mol. The molecule has 1 aliphatic rings. The second kappa shape index (κ2) is 10.7. The van der Waals surface area contributed by atoms with Crippen LogP contribution in [0, 0.1) is 0 Å². The van der Waals surface area contributed by atoms with Crippen LogP contribution >= 0.6 is 0 Å². The Morgan fingerprint density at radius 2 is 1.38 bits per heavy atom. The maximum Gasteiger partial charge on any atom is 0.261 e. The smallest absolute Gasteiger partial charge is 0.261 e. The molecule has 0 radical (unpaired) electrons. The number of amides is 2. The predicted octanol–water partition coefficient (Wildman–Crippen LogP) is 4.90. The first-order valence-electron chi connectivity index (χ1n) is 11.0. The minimum atomic E-state index is -0.197. The summed E-state index contributed by atoms with van der Waals surface area (Å²) in [5.41, 5.74) is 3.29. The van der Waals surface area contributed by atoms with E-state index in [1.54, 1.807) is 24.3 Å². The molecule has 0 fully saturated rings. The fourth-order valence-electron chi connectivity index (χ4n) is 3.79. The van der Waals surface area contributed by atoms with Gasteiger partial charge < -0.3 is 9.47 Å². The van der Waals surface area contributed by atoms with Gasteiger partial charge in [0, 0.05) is 13.0 Å². The van der Waals surface area contributed by atoms with E-state index in [0.29, 0.717) is 43.9 Å². The van der Waals surface area contributed by atoms with Gasteiger partial charge in [0.05, 0.1) is 30.9 Å². The Balaban J connectivity index is 1.17. The summed E-state index contributed by atoms with van der Waals surface area (Å²) in [6.45, 7) is 2.27. The number of carbonyl (C=O) groups excluding carboxylic acids is 2. The van der Waals surface area contributed by atoms with Crippen LogP contribution in [0.5, 0.6) is 5.75 Å². The van der Waals surface area contributed by atoms with Crippen molar-refractivity contribution < 1.29 is 19.1 Å². The molecular formula is C27H27NO4. The van der Waals surface area contributed by atoms with Crippen molar-refractivity contribution >= 4 is 11.8 Å². The van der Waals surface area contributed by atoms with E-state index in [1.807, 2.05) is 42.5 Å². The molecule has 1 heterocycles. The normalized spacial score (nSPS) is 12.8. The van der Waals surface area contributed by atoms with Crippen molar-refractivity contribution in [1.29, 1.82) is 0 Å². The van der Waals surface area contributed by atoms with Gasteiger partial charge in [0.25, 0.3) is 11.8 Å². The van der Waals surface area contributed by atoms with Crippen LogP contribution in [0.25, 0.3) is 0 Å². The molecule has 0 saturated carbocycles. The van der Waals surface area contributed by atoms with Gasteiger partial charge in [-0.25, -0.2) is 0 Å². The summed E-state index contributed by atoms with van der Waals surface area (Å²) in [6, 6.07) is 25.1. The lowest BCUT2D eigenvalue weighted by Crippen LogP contribution is -2.30. The Labute approximate surface area is 188 Å². The van der Waals surface area contributed by atoms with Gasteiger partial charge in [-0.1, -0.05) is 54.6 Å². The average Bonchev–Trinajstić information content (AvgIpc) is 3.07. The average molecular weight is 430 g/mol. The monoisotopic (exact) mass is 429 g/mol. The number of aryl methyl sites for hydroxylation is 1. The molecule has 0 aliphatic carbocycles. The van der Waals surface area contributed by atoms with E-state index in [9.17, 15) is 9.59 Å². The Hall–Kier alpha value is -3.44. The number of carbonyl (C=O) groups is 2. The standard InChI is InChI=1S/C27H27NO4/c29-26-24-14-4-5-15-25(24)27(30)28(26)16-7-12-21-11-6-13-23(19-21)32-18-8-17-31-20-22-9-2-1-3-10-22/h1-6,9-11,13-15,19H,7-8,12,16-18,20H2. The zero-order chi connectivity index (χ0) is 22.2. The molecule has 5 nitrogen and oxygen atoms in total. The van der Waals surface area contributed by atoms with Crippen LogP contribution in [0.1, 0.15) is 44.7 Å². The highest BCUT2D eigenvalue weighted by Crippen LogP contribution is 2.23. The van der Waals surface area contributed by atoms with Crippen LogP contribution in [0.2, 0.25) is 0 Å². The number of imide groups is 1. The summed E-state index contributed by atoms with van der Waals surface area (Å²) in [4.78, 5) is 26.3. The van der Waals surface area contributed by atoms with Crippen molar-refractivity contribution in [3.05, 3.63) is 101 Å². The molecule has 3 aromatic carbocycles. The first kappa shape index (κ1) is 21.8. The molecule has 3 aromatic rings. The van der Waals surface area contributed by atoms with Crippen molar-refractivity contribution in [2.24, 2.45) is 0 Å². The third-order valence-electron chi connectivity index (χ3n) is 5.44. The lowest BCUT2D eigenvalue weighted by Gasteiger charge is -2.14. The summed E-state index contributed by atoms with van der Waals surface area (Å²) in [7, 11) is 0. The first-order chi connectivity index (χ1) is 15.7. The van der Waals surface area contributed by atoms with Crippen molar-refractivity contribution in [3.63, 3.8) is 0 Å². The van der Waals surface area contributed by atoms with Gasteiger partial charge in [-0.15, -0.1) is 0 Å². The third-order valence-corrected chi connectivity index (χ3v) is 5.44. The van der Waals surface area contributed by atoms with Crippen LogP contribution in [0.3, 0.4) is 0 Å². The molecule has 0 unspecified atom stereocenters. The van der Waals surface area contributed by atoms with Gasteiger partial charge in [0.2, 0.25) is 0 Å². The second-order valence-electron chi connectivity index (χ2n) is 7.80. The fourth-order valence-corrected chi connectivity index (χ4v) is 3.79. The van der Waals surface area contributed by atoms with E-state index in [0.717, 1.165) is 24.2 Å². The van der Waals surface area contributed by atoms with Crippen molar-refractivity contribution in [3.8, 4) is 5.75 Å². The van der Waals surface area contributed by atoms with Crippen molar-refractivity contribution in [2.45, 2.75) is 25.9 Å². The Kier molecular flexibility index (Phi) is 7.31.